The number of aromatic nitrogens is 2. The van der Waals surface area contributed by atoms with E-state index in [2.05, 4.69) is 30.5 Å². The summed E-state index contributed by atoms with van der Waals surface area (Å²) in [7, 11) is 1.97. The van der Waals surface area contributed by atoms with Crippen molar-refractivity contribution in [1.82, 2.24) is 15.1 Å². The van der Waals surface area contributed by atoms with Crippen molar-refractivity contribution in [2.75, 3.05) is 6.54 Å². The Morgan fingerprint density at radius 2 is 2.27 bits per heavy atom. The van der Waals surface area contributed by atoms with Gasteiger partial charge in [-0.05, 0) is 38.3 Å². The summed E-state index contributed by atoms with van der Waals surface area (Å²) in [5.41, 5.74) is 1.36. The van der Waals surface area contributed by atoms with Crippen molar-refractivity contribution in [3.05, 3.63) is 18.0 Å². The van der Waals surface area contributed by atoms with Crippen LogP contribution in [0.1, 0.15) is 38.7 Å². The molecule has 0 saturated heterocycles. The molecule has 3 heteroatoms. The zero-order chi connectivity index (χ0) is 11.1. The minimum atomic E-state index is 0.656. The molecule has 0 radical (unpaired) electrons. The van der Waals surface area contributed by atoms with E-state index in [4.69, 9.17) is 0 Å². The first-order chi connectivity index (χ1) is 7.22. The van der Waals surface area contributed by atoms with Gasteiger partial charge in [0.1, 0.15) is 0 Å². The third-order valence-electron chi connectivity index (χ3n) is 2.66. The maximum absolute atomic E-state index is 4.16. The van der Waals surface area contributed by atoms with Crippen molar-refractivity contribution < 1.29 is 0 Å². The van der Waals surface area contributed by atoms with Gasteiger partial charge in [0.25, 0.3) is 0 Å². The monoisotopic (exact) mass is 209 g/mol. The summed E-state index contributed by atoms with van der Waals surface area (Å²) in [6.07, 6.45) is 9.06. The molecule has 0 aliphatic carbocycles. The Morgan fingerprint density at radius 3 is 2.87 bits per heavy atom. The Morgan fingerprint density at radius 1 is 1.47 bits per heavy atom. The van der Waals surface area contributed by atoms with Gasteiger partial charge < -0.3 is 5.32 Å². The number of nitrogens with one attached hydrogen (secondary N) is 1. The van der Waals surface area contributed by atoms with Crippen LogP contribution in [0.15, 0.2) is 12.4 Å². The molecule has 1 unspecified atom stereocenters. The molecule has 0 aliphatic heterocycles. The molecule has 1 rings (SSSR count). The van der Waals surface area contributed by atoms with Crippen LogP contribution in [0.5, 0.6) is 0 Å². The molecule has 1 aromatic heterocycles. The van der Waals surface area contributed by atoms with E-state index in [0.29, 0.717) is 6.04 Å². The highest BCUT2D eigenvalue weighted by Crippen LogP contribution is 2.06. The standard InChI is InChI=1S/C12H23N3/c1-4-13-11(2)7-5-6-8-12-9-14-15(3)10-12/h9-11,13H,4-8H2,1-3H3. The highest BCUT2D eigenvalue weighted by atomic mass is 15.2. The molecule has 0 bridgehead atoms. The van der Waals surface area contributed by atoms with Crippen LogP contribution in [0.2, 0.25) is 0 Å². The molecule has 1 atom stereocenters. The first-order valence-corrected chi connectivity index (χ1v) is 5.93. The maximum atomic E-state index is 4.16. The predicted octanol–water partition coefficient (Wildman–Crippen LogP) is 2.13. The van der Waals surface area contributed by atoms with Gasteiger partial charge in [-0.25, -0.2) is 0 Å². The van der Waals surface area contributed by atoms with Crippen molar-refractivity contribution in [2.45, 2.75) is 45.6 Å². The van der Waals surface area contributed by atoms with Crippen LogP contribution < -0.4 is 5.32 Å². The zero-order valence-electron chi connectivity index (χ0n) is 10.2. The van der Waals surface area contributed by atoms with Gasteiger partial charge in [-0.3, -0.25) is 4.68 Å². The van der Waals surface area contributed by atoms with Crippen LogP contribution in [0.25, 0.3) is 0 Å². The summed E-state index contributed by atoms with van der Waals surface area (Å²) in [6, 6.07) is 0.656. The zero-order valence-corrected chi connectivity index (χ0v) is 10.2. The molecular weight excluding hydrogens is 186 g/mol. The van der Waals surface area contributed by atoms with Crippen LogP contribution in [0.3, 0.4) is 0 Å². The van der Waals surface area contributed by atoms with E-state index in [-0.39, 0.29) is 0 Å². The first-order valence-electron chi connectivity index (χ1n) is 5.93. The summed E-state index contributed by atoms with van der Waals surface area (Å²) in [5, 5.41) is 7.60. The van der Waals surface area contributed by atoms with Crippen molar-refractivity contribution >= 4 is 0 Å². The smallest absolute Gasteiger partial charge is 0.0521 e. The summed E-state index contributed by atoms with van der Waals surface area (Å²) >= 11 is 0. The highest BCUT2D eigenvalue weighted by molar-refractivity contribution is 5.03. The van der Waals surface area contributed by atoms with Crippen molar-refractivity contribution in [1.29, 1.82) is 0 Å². The largest absolute Gasteiger partial charge is 0.315 e. The van der Waals surface area contributed by atoms with Gasteiger partial charge in [-0.15, -0.1) is 0 Å². The highest BCUT2D eigenvalue weighted by Gasteiger charge is 2.00. The van der Waals surface area contributed by atoms with E-state index < -0.39 is 0 Å². The van der Waals surface area contributed by atoms with Crippen LogP contribution in [0, 0.1) is 0 Å². The molecule has 0 aromatic carbocycles. The molecule has 0 spiro atoms. The molecule has 0 amide bonds. The molecular formula is C12H23N3. The molecule has 0 aliphatic rings. The Labute approximate surface area is 92.9 Å². The van der Waals surface area contributed by atoms with Crippen molar-refractivity contribution in [3.8, 4) is 0 Å². The van der Waals surface area contributed by atoms with Gasteiger partial charge in [0, 0.05) is 19.3 Å². The molecule has 1 heterocycles. The van der Waals surface area contributed by atoms with Crippen LogP contribution in [0.4, 0.5) is 0 Å². The van der Waals surface area contributed by atoms with Crippen LogP contribution >= 0.6 is 0 Å². The second kappa shape index (κ2) is 6.62. The fourth-order valence-electron chi connectivity index (χ4n) is 1.83. The summed E-state index contributed by atoms with van der Waals surface area (Å²) in [6.45, 7) is 5.49. The number of hydrogen-bond acceptors (Lipinski definition) is 2. The fraction of sp³-hybridized carbons (Fsp3) is 0.750. The van der Waals surface area contributed by atoms with Crippen LogP contribution in [-0.2, 0) is 13.5 Å². The third-order valence-corrected chi connectivity index (χ3v) is 2.66. The average molecular weight is 209 g/mol. The Kier molecular flexibility index (Phi) is 5.40. The molecule has 86 valence electrons. The number of nitrogens with zero attached hydrogens (tertiary/aromatic N) is 2. The normalized spacial score (nSPS) is 13.0. The fourth-order valence-corrected chi connectivity index (χ4v) is 1.83. The van der Waals surface area contributed by atoms with Gasteiger partial charge in [0.2, 0.25) is 0 Å². The van der Waals surface area contributed by atoms with E-state index >= 15 is 0 Å². The lowest BCUT2D eigenvalue weighted by atomic mass is 10.1. The van der Waals surface area contributed by atoms with Gasteiger partial charge in [-0.1, -0.05) is 13.3 Å². The lowest BCUT2D eigenvalue weighted by molar-refractivity contribution is 0.502. The Balaban J connectivity index is 2.06. The minimum absolute atomic E-state index is 0.656. The first kappa shape index (κ1) is 12.2. The van der Waals surface area contributed by atoms with E-state index in [1.54, 1.807) is 0 Å². The number of unbranched alkanes of at least 4 members (excludes halogenated alkanes) is 1. The predicted molar refractivity (Wildman–Crippen MR) is 63.9 cm³/mol. The molecule has 1 aromatic rings. The average Bonchev–Trinajstić information content (AvgIpc) is 2.60. The molecule has 1 N–H and O–H groups in total. The number of rotatable bonds is 7. The topological polar surface area (TPSA) is 29.9 Å². The third kappa shape index (κ3) is 4.98. The summed E-state index contributed by atoms with van der Waals surface area (Å²) in [5.74, 6) is 0. The molecule has 0 fully saturated rings. The van der Waals surface area contributed by atoms with E-state index in [1.807, 2.05) is 17.9 Å². The SMILES string of the molecule is CCNC(C)CCCCc1cnn(C)c1. The van der Waals surface area contributed by atoms with E-state index in [9.17, 15) is 0 Å². The van der Waals surface area contributed by atoms with Crippen LogP contribution in [-0.4, -0.2) is 22.4 Å². The van der Waals surface area contributed by atoms with E-state index in [1.165, 1.54) is 24.8 Å². The van der Waals surface area contributed by atoms with Gasteiger partial charge in [0.15, 0.2) is 0 Å². The molecule has 3 nitrogen and oxygen atoms in total. The van der Waals surface area contributed by atoms with Gasteiger partial charge >= 0.3 is 0 Å². The maximum Gasteiger partial charge on any atom is 0.0521 e. The lowest BCUT2D eigenvalue weighted by Gasteiger charge is -2.11. The Hall–Kier alpha value is -0.830. The van der Waals surface area contributed by atoms with E-state index in [0.717, 1.165) is 13.0 Å². The number of hydrogen-bond donors (Lipinski definition) is 1. The number of aryl methyl sites for hydroxylation is 2. The second-order valence-corrected chi connectivity index (χ2v) is 4.23. The minimum Gasteiger partial charge on any atom is -0.315 e. The Bertz CT molecular complexity index is 268. The van der Waals surface area contributed by atoms with Crippen molar-refractivity contribution in [3.63, 3.8) is 0 Å². The quantitative estimate of drug-likeness (QED) is 0.697. The van der Waals surface area contributed by atoms with Gasteiger partial charge in [0.05, 0.1) is 6.20 Å². The second-order valence-electron chi connectivity index (χ2n) is 4.23. The van der Waals surface area contributed by atoms with Gasteiger partial charge in [-0.2, -0.15) is 5.10 Å². The van der Waals surface area contributed by atoms with Crippen molar-refractivity contribution in [2.24, 2.45) is 7.05 Å². The molecule has 15 heavy (non-hydrogen) atoms. The summed E-state index contributed by atoms with van der Waals surface area (Å²) in [4.78, 5) is 0. The molecule has 0 saturated carbocycles. The summed E-state index contributed by atoms with van der Waals surface area (Å²) < 4.78 is 1.87. The lowest BCUT2D eigenvalue weighted by Crippen LogP contribution is -2.25.